The molecule has 3 heterocycles. The van der Waals surface area contributed by atoms with E-state index in [4.69, 9.17) is 4.74 Å². The fraction of sp³-hybridized carbons (Fsp3) is 0.296. The normalized spacial score (nSPS) is 18.4. The number of carbonyl (C=O) groups excluding carboxylic acids is 2. The summed E-state index contributed by atoms with van der Waals surface area (Å²) >= 11 is 0. The van der Waals surface area contributed by atoms with Crippen molar-refractivity contribution in [3.8, 4) is 16.9 Å². The van der Waals surface area contributed by atoms with Gasteiger partial charge in [0, 0.05) is 55.5 Å². The number of hydrogen-bond acceptors (Lipinski definition) is 4. The molecule has 2 bridgehead atoms. The van der Waals surface area contributed by atoms with E-state index in [1.807, 2.05) is 64.1 Å². The lowest BCUT2D eigenvalue weighted by atomic mass is 9.80. The number of nitrogens with one attached hydrogen (secondary N) is 2. The zero-order chi connectivity index (χ0) is 24.5. The van der Waals surface area contributed by atoms with Crippen molar-refractivity contribution in [2.24, 2.45) is 5.92 Å². The Hall–Kier alpha value is -4.07. The molecule has 3 amide bonds. The van der Waals surface area contributed by atoms with Crippen LogP contribution in [0.2, 0.25) is 0 Å². The van der Waals surface area contributed by atoms with Crippen LogP contribution in [0.1, 0.15) is 25.0 Å². The smallest absolute Gasteiger partial charge is 0.321 e. The van der Waals surface area contributed by atoms with Gasteiger partial charge < -0.3 is 24.8 Å². The number of nitrogens with zero attached hydrogens (tertiary/aromatic N) is 2. The average molecular weight is 473 g/mol. The van der Waals surface area contributed by atoms with Crippen LogP contribution >= 0.6 is 0 Å². The Bertz CT molecular complexity index is 1330. The van der Waals surface area contributed by atoms with Gasteiger partial charge >= 0.3 is 6.03 Å². The lowest BCUT2D eigenvalue weighted by molar-refractivity contribution is -0.114. The van der Waals surface area contributed by atoms with Gasteiger partial charge in [0.1, 0.15) is 5.75 Å². The largest absolute Gasteiger partial charge is 0.495 e. The Morgan fingerprint density at radius 1 is 0.943 bits per heavy atom. The number of amides is 3. The molecule has 180 valence electrons. The van der Waals surface area contributed by atoms with Crippen LogP contribution in [0.4, 0.5) is 16.2 Å². The van der Waals surface area contributed by atoms with Gasteiger partial charge in [-0.25, -0.2) is 4.79 Å². The molecule has 1 aromatic heterocycles. The lowest BCUT2D eigenvalue weighted by Gasteiger charge is -2.43. The fourth-order valence-corrected chi connectivity index (χ4v) is 5.30. The van der Waals surface area contributed by atoms with Gasteiger partial charge in [-0.05, 0) is 48.2 Å². The van der Waals surface area contributed by atoms with Crippen molar-refractivity contribution >= 4 is 23.3 Å². The standard InChI is InChI=1S/C27H28N4O4/c1-17(32)28-21-9-7-19(8-10-21)22-11-12-25(33)31-15-18-13-20(26(22)31)16-30(14-18)27(34)29-23-5-3-4-6-24(23)35-2/h3-12,18,20H,13-16H2,1-2H3,(H,28,32)(H,29,34)/t18-,20+/m0/s1. The van der Waals surface area contributed by atoms with Crippen molar-refractivity contribution in [3.05, 3.63) is 76.7 Å². The summed E-state index contributed by atoms with van der Waals surface area (Å²) in [5, 5.41) is 5.76. The summed E-state index contributed by atoms with van der Waals surface area (Å²) < 4.78 is 7.25. The predicted molar refractivity (Wildman–Crippen MR) is 135 cm³/mol. The van der Waals surface area contributed by atoms with Crippen molar-refractivity contribution in [2.45, 2.75) is 25.8 Å². The minimum Gasteiger partial charge on any atom is -0.495 e. The third-order valence-electron chi connectivity index (χ3n) is 6.74. The van der Waals surface area contributed by atoms with Gasteiger partial charge in [0.05, 0.1) is 12.8 Å². The van der Waals surface area contributed by atoms with Gasteiger partial charge in [0.2, 0.25) is 5.91 Å². The zero-order valence-corrected chi connectivity index (χ0v) is 19.8. The third kappa shape index (κ3) is 4.51. The Balaban J connectivity index is 1.43. The molecule has 2 N–H and O–H groups in total. The molecule has 5 rings (SSSR count). The number of urea groups is 1. The summed E-state index contributed by atoms with van der Waals surface area (Å²) in [6.45, 7) is 3.18. The first kappa shape index (κ1) is 22.7. The van der Waals surface area contributed by atoms with Gasteiger partial charge in [-0.1, -0.05) is 24.3 Å². The van der Waals surface area contributed by atoms with Crippen LogP contribution in [0.25, 0.3) is 11.1 Å². The number of aromatic nitrogens is 1. The topological polar surface area (TPSA) is 92.7 Å². The van der Waals surface area contributed by atoms with E-state index in [1.54, 1.807) is 13.2 Å². The maximum atomic E-state index is 13.2. The van der Waals surface area contributed by atoms with Crippen LogP contribution in [0.3, 0.4) is 0 Å². The van der Waals surface area contributed by atoms with E-state index in [-0.39, 0.29) is 29.3 Å². The van der Waals surface area contributed by atoms with Gasteiger partial charge in [-0.2, -0.15) is 0 Å². The van der Waals surface area contributed by atoms with Gasteiger partial charge in [0.15, 0.2) is 0 Å². The number of ether oxygens (including phenoxy) is 1. The number of benzene rings is 2. The first-order valence-corrected chi connectivity index (χ1v) is 11.7. The first-order valence-electron chi connectivity index (χ1n) is 11.7. The molecule has 3 aromatic rings. The van der Waals surface area contributed by atoms with Gasteiger partial charge in [0.25, 0.3) is 5.56 Å². The number of piperidine rings is 1. The third-order valence-corrected chi connectivity index (χ3v) is 6.74. The second-order valence-corrected chi connectivity index (χ2v) is 9.17. The predicted octanol–water partition coefficient (Wildman–Crippen LogP) is 4.13. The van der Waals surface area contributed by atoms with Crippen LogP contribution < -0.4 is 20.9 Å². The van der Waals surface area contributed by atoms with Crippen LogP contribution in [0.15, 0.2) is 65.5 Å². The minimum atomic E-state index is -0.169. The molecule has 0 radical (unpaired) electrons. The van der Waals surface area contributed by atoms with E-state index in [9.17, 15) is 14.4 Å². The zero-order valence-electron chi connectivity index (χ0n) is 19.8. The quantitative estimate of drug-likeness (QED) is 0.597. The van der Waals surface area contributed by atoms with Gasteiger partial charge in [-0.15, -0.1) is 0 Å². The molecular weight excluding hydrogens is 444 g/mol. The molecule has 0 unspecified atom stereocenters. The molecule has 0 spiro atoms. The first-order chi connectivity index (χ1) is 16.9. The minimum absolute atomic E-state index is 0.0137. The highest BCUT2D eigenvalue weighted by atomic mass is 16.5. The summed E-state index contributed by atoms with van der Waals surface area (Å²) in [6.07, 6.45) is 0.929. The molecule has 2 aromatic carbocycles. The molecule has 0 saturated carbocycles. The van der Waals surface area contributed by atoms with Crippen molar-refractivity contribution in [3.63, 3.8) is 0 Å². The van der Waals surface area contributed by atoms with Crippen LogP contribution in [-0.4, -0.2) is 41.6 Å². The Morgan fingerprint density at radius 2 is 1.71 bits per heavy atom. The summed E-state index contributed by atoms with van der Waals surface area (Å²) in [4.78, 5) is 39.2. The number of rotatable bonds is 4. The summed E-state index contributed by atoms with van der Waals surface area (Å²) in [7, 11) is 1.58. The molecule has 1 fully saturated rings. The number of hydrogen-bond donors (Lipinski definition) is 2. The van der Waals surface area contributed by atoms with Crippen molar-refractivity contribution < 1.29 is 14.3 Å². The Kier molecular flexibility index (Phi) is 6.03. The van der Waals surface area contributed by atoms with Crippen LogP contribution in [-0.2, 0) is 11.3 Å². The number of methoxy groups -OCH3 is 1. The van der Waals surface area contributed by atoms with E-state index in [2.05, 4.69) is 10.6 Å². The molecule has 2 aliphatic rings. The second kappa shape index (κ2) is 9.29. The lowest BCUT2D eigenvalue weighted by Crippen LogP contribution is -2.50. The fourth-order valence-electron chi connectivity index (χ4n) is 5.30. The molecule has 8 nitrogen and oxygen atoms in total. The number of fused-ring (bicyclic) bond motifs is 4. The molecule has 0 aliphatic carbocycles. The van der Waals surface area contributed by atoms with Gasteiger partial charge in [-0.3, -0.25) is 9.59 Å². The van der Waals surface area contributed by atoms with E-state index < -0.39 is 0 Å². The van der Waals surface area contributed by atoms with Crippen molar-refractivity contribution in [1.82, 2.24) is 9.47 Å². The monoisotopic (exact) mass is 472 g/mol. The Morgan fingerprint density at radius 3 is 2.46 bits per heavy atom. The number of likely N-dealkylation sites (tertiary alicyclic amines) is 1. The summed E-state index contributed by atoms with van der Waals surface area (Å²) in [5.41, 5.74) is 4.26. The number of carbonyl (C=O) groups is 2. The van der Waals surface area contributed by atoms with E-state index in [0.29, 0.717) is 31.1 Å². The summed E-state index contributed by atoms with van der Waals surface area (Å²) in [6, 6.07) is 18.3. The SMILES string of the molecule is COc1ccccc1NC(=O)N1C[C@@H]2C[C@H](C1)c1c(-c3ccc(NC(C)=O)cc3)ccc(=O)n1C2. The van der Waals surface area contributed by atoms with E-state index in [1.165, 1.54) is 6.92 Å². The number of pyridine rings is 1. The Labute approximate surface area is 203 Å². The van der Waals surface area contributed by atoms with E-state index >= 15 is 0 Å². The number of para-hydroxylation sites is 2. The maximum Gasteiger partial charge on any atom is 0.321 e. The number of anilines is 2. The van der Waals surface area contributed by atoms with Crippen LogP contribution in [0, 0.1) is 5.92 Å². The molecule has 35 heavy (non-hydrogen) atoms. The summed E-state index contributed by atoms with van der Waals surface area (Å²) in [5.74, 6) is 0.741. The highest BCUT2D eigenvalue weighted by Gasteiger charge is 2.38. The molecule has 2 atom stereocenters. The van der Waals surface area contributed by atoms with Crippen LogP contribution in [0.5, 0.6) is 5.75 Å². The van der Waals surface area contributed by atoms with Crippen molar-refractivity contribution in [2.75, 3.05) is 30.8 Å². The maximum absolute atomic E-state index is 13.2. The molecule has 1 saturated heterocycles. The highest BCUT2D eigenvalue weighted by molar-refractivity contribution is 5.91. The highest BCUT2D eigenvalue weighted by Crippen LogP contribution is 2.40. The van der Waals surface area contributed by atoms with E-state index in [0.717, 1.165) is 28.9 Å². The molecular formula is C27H28N4O4. The molecule has 8 heteroatoms. The second-order valence-electron chi connectivity index (χ2n) is 9.17. The van der Waals surface area contributed by atoms with Crippen molar-refractivity contribution in [1.29, 1.82) is 0 Å². The molecule has 2 aliphatic heterocycles. The average Bonchev–Trinajstić information content (AvgIpc) is 2.85.